The van der Waals surface area contributed by atoms with E-state index in [2.05, 4.69) is 99.6 Å². The molecule has 2 atom stereocenters. The van der Waals surface area contributed by atoms with Gasteiger partial charge < -0.3 is 9.79 Å². The van der Waals surface area contributed by atoms with E-state index in [0.29, 0.717) is 11.8 Å². The van der Waals surface area contributed by atoms with Gasteiger partial charge >= 0.3 is 7.60 Å². The molecule has 4 heteroatoms. The maximum atomic E-state index is 11.7. The normalized spacial score (nSPS) is 15.6. The molecule has 36 heavy (non-hydrogen) atoms. The molecule has 2 unspecified atom stereocenters. The summed E-state index contributed by atoms with van der Waals surface area (Å²) >= 11 is 0. The Morgan fingerprint density at radius 3 is 1.61 bits per heavy atom. The van der Waals surface area contributed by atoms with E-state index in [1.165, 1.54) is 5.56 Å². The van der Waals surface area contributed by atoms with Gasteiger partial charge in [0.25, 0.3) is 0 Å². The van der Waals surface area contributed by atoms with Crippen molar-refractivity contribution >= 4 is 12.9 Å². The average Bonchev–Trinajstić information content (AvgIpc) is 2.73. The molecule has 2 N–H and O–H groups in total. The van der Waals surface area contributed by atoms with E-state index < -0.39 is 7.60 Å². The summed E-state index contributed by atoms with van der Waals surface area (Å²) in [5.74, 6) is 0.786. The van der Waals surface area contributed by atoms with Crippen molar-refractivity contribution in [3.8, 4) is 0 Å². The van der Waals surface area contributed by atoms with Gasteiger partial charge in [0, 0.05) is 0 Å². The Morgan fingerprint density at radius 1 is 0.667 bits per heavy atom. The Hall–Kier alpha value is -1.41. The summed E-state index contributed by atoms with van der Waals surface area (Å²) in [5.41, 5.74) is 3.17. The molecule has 202 valence electrons. The van der Waals surface area contributed by atoms with Crippen molar-refractivity contribution in [1.29, 1.82) is 0 Å². The smallest absolute Gasteiger partial charge is 0.321 e. The fraction of sp³-hybridized carbons (Fsp3) is 0.625. The lowest BCUT2D eigenvalue weighted by atomic mass is 9.63. The molecule has 2 aromatic carbocycles. The van der Waals surface area contributed by atoms with Crippen LogP contribution in [0.25, 0.3) is 0 Å². The number of benzene rings is 2. The van der Waals surface area contributed by atoms with Gasteiger partial charge in [0.2, 0.25) is 0 Å². The Balaban J connectivity index is 2.25. The van der Waals surface area contributed by atoms with Crippen LogP contribution < -0.4 is 5.30 Å². The van der Waals surface area contributed by atoms with E-state index in [0.717, 1.165) is 31.2 Å². The third-order valence-corrected chi connectivity index (χ3v) is 8.81. The predicted molar refractivity (Wildman–Crippen MR) is 155 cm³/mol. The second kappa shape index (κ2) is 11.1. The van der Waals surface area contributed by atoms with Crippen molar-refractivity contribution in [3.05, 3.63) is 65.7 Å². The van der Waals surface area contributed by atoms with Gasteiger partial charge in [0.05, 0.1) is 5.30 Å². The third-order valence-electron chi connectivity index (χ3n) is 7.84. The summed E-state index contributed by atoms with van der Waals surface area (Å²) in [7, 11) is -4.23. The molecule has 0 aromatic heterocycles. The highest BCUT2D eigenvalue weighted by Gasteiger charge is 2.37. The van der Waals surface area contributed by atoms with Crippen molar-refractivity contribution in [2.75, 3.05) is 0 Å². The Labute approximate surface area is 221 Å². The van der Waals surface area contributed by atoms with Gasteiger partial charge in [-0.3, -0.25) is 4.57 Å². The summed E-state index contributed by atoms with van der Waals surface area (Å²) in [5, 5.41) is 0.0886. The minimum absolute atomic E-state index is 0.0369. The highest BCUT2D eigenvalue weighted by atomic mass is 31.2. The van der Waals surface area contributed by atoms with Crippen molar-refractivity contribution in [3.63, 3.8) is 0 Å². The summed E-state index contributed by atoms with van der Waals surface area (Å²) < 4.78 is 11.7. The van der Waals surface area contributed by atoms with Crippen LogP contribution in [0.3, 0.4) is 0 Å². The second-order valence-electron chi connectivity index (χ2n) is 14.6. The Morgan fingerprint density at radius 2 is 1.17 bits per heavy atom. The molecule has 0 spiro atoms. The first kappa shape index (κ1) is 30.8. The van der Waals surface area contributed by atoms with Crippen LogP contribution in [0.5, 0.6) is 0 Å². The first-order chi connectivity index (χ1) is 16.2. The molecular formula is C32H51O3P. The van der Waals surface area contributed by atoms with E-state index in [9.17, 15) is 14.4 Å². The second-order valence-corrected chi connectivity index (χ2v) is 16.2. The molecule has 0 saturated carbocycles. The van der Waals surface area contributed by atoms with Crippen molar-refractivity contribution in [1.82, 2.24) is 0 Å². The highest BCUT2D eigenvalue weighted by molar-refractivity contribution is 7.60. The van der Waals surface area contributed by atoms with Crippen LogP contribution in [-0.2, 0) is 4.57 Å². The highest BCUT2D eigenvalue weighted by Crippen LogP contribution is 2.50. The minimum Gasteiger partial charge on any atom is -0.321 e. The minimum atomic E-state index is -4.23. The zero-order valence-corrected chi connectivity index (χ0v) is 25.3. The molecule has 0 fully saturated rings. The first-order valence-corrected chi connectivity index (χ1v) is 15.0. The third kappa shape index (κ3) is 9.16. The maximum absolute atomic E-state index is 11.7. The van der Waals surface area contributed by atoms with Crippen LogP contribution >= 0.6 is 7.60 Å². The zero-order valence-electron chi connectivity index (χ0n) is 24.4. The first-order valence-electron chi connectivity index (χ1n) is 13.4. The number of rotatable bonds is 10. The van der Waals surface area contributed by atoms with Gasteiger partial charge in [0.15, 0.2) is 0 Å². The van der Waals surface area contributed by atoms with Gasteiger partial charge in [0.1, 0.15) is 0 Å². The molecular weight excluding hydrogens is 463 g/mol. The molecule has 0 aliphatic carbocycles. The van der Waals surface area contributed by atoms with Crippen LogP contribution in [0.15, 0.2) is 54.6 Å². The van der Waals surface area contributed by atoms with Gasteiger partial charge in [-0.15, -0.1) is 0 Å². The van der Waals surface area contributed by atoms with E-state index in [1.54, 1.807) is 12.1 Å². The number of hydrogen-bond donors (Lipinski definition) is 2. The average molecular weight is 515 g/mol. The lowest BCUT2D eigenvalue weighted by Gasteiger charge is -2.42. The van der Waals surface area contributed by atoms with Crippen molar-refractivity contribution in [2.45, 2.75) is 107 Å². The van der Waals surface area contributed by atoms with Crippen LogP contribution in [0.2, 0.25) is 0 Å². The summed E-state index contributed by atoms with van der Waals surface area (Å²) in [6.45, 7) is 23.5. The fourth-order valence-corrected chi connectivity index (χ4v) is 5.99. The molecule has 0 aliphatic heterocycles. The quantitative estimate of drug-likeness (QED) is 0.311. The van der Waals surface area contributed by atoms with Gasteiger partial charge in [-0.05, 0) is 82.4 Å². The standard InChI is InChI=1S/C32H51O3P/c1-29(2,3)22-28(24-14-12-11-13-15-24)32(9,10)21-20-31(7,8)23-27(30(4,5)6)25-16-18-26(19-17-25)36(33,34)35/h11-19,27-28H,20-23H2,1-10H3,(H2,33,34,35). The molecule has 2 rings (SSSR count). The molecule has 0 bridgehead atoms. The van der Waals surface area contributed by atoms with Crippen LogP contribution in [0.4, 0.5) is 0 Å². The predicted octanol–water partition coefficient (Wildman–Crippen LogP) is 9.06. The zero-order chi connectivity index (χ0) is 27.6. The molecule has 3 nitrogen and oxygen atoms in total. The van der Waals surface area contributed by atoms with Gasteiger partial charge in [-0.1, -0.05) is 112 Å². The molecule has 0 amide bonds. The maximum Gasteiger partial charge on any atom is 0.356 e. The lowest BCUT2D eigenvalue weighted by molar-refractivity contribution is 0.144. The van der Waals surface area contributed by atoms with Gasteiger partial charge in [-0.2, -0.15) is 0 Å². The number of hydrogen-bond acceptors (Lipinski definition) is 1. The van der Waals surface area contributed by atoms with E-state index in [4.69, 9.17) is 0 Å². The van der Waals surface area contributed by atoms with Crippen LogP contribution in [-0.4, -0.2) is 9.79 Å². The fourth-order valence-electron chi connectivity index (χ4n) is 5.46. The van der Waals surface area contributed by atoms with Crippen LogP contribution in [0, 0.1) is 21.7 Å². The summed E-state index contributed by atoms with van der Waals surface area (Å²) in [6, 6.07) is 18.0. The topological polar surface area (TPSA) is 57.5 Å². The molecule has 0 aliphatic rings. The summed E-state index contributed by atoms with van der Waals surface area (Å²) in [4.78, 5) is 19.0. The van der Waals surface area contributed by atoms with E-state index in [-0.39, 0.29) is 27.0 Å². The Bertz CT molecular complexity index is 1000. The van der Waals surface area contributed by atoms with Gasteiger partial charge in [-0.25, -0.2) is 0 Å². The van der Waals surface area contributed by atoms with Crippen LogP contribution in [0.1, 0.15) is 118 Å². The van der Waals surface area contributed by atoms with E-state index in [1.807, 2.05) is 12.1 Å². The van der Waals surface area contributed by atoms with Crippen molar-refractivity contribution < 1.29 is 14.4 Å². The molecule has 0 heterocycles. The lowest BCUT2D eigenvalue weighted by Crippen LogP contribution is -2.30. The largest absolute Gasteiger partial charge is 0.356 e. The SMILES string of the molecule is CC(C)(C)CC(c1ccccc1)C(C)(C)CCC(C)(C)CC(c1ccc(P(=O)(O)O)cc1)C(C)(C)C. The molecule has 2 aromatic rings. The van der Waals surface area contributed by atoms with E-state index >= 15 is 0 Å². The van der Waals surface area contributed by atoms with Crippen molar-refractivity contribution in [2.24, 2.45) is 21.7 Å². The monoisotopic (exact) mass is 514 g/mol. The molecule has 0 saturated heterocycles. The molecule has 0 radical (unpaired) electrons. The Kier molecular flexibility index (Phi) is 9.53. The summed E-state index contributed by atoms with van der Waals surface area (Å²) in [6.07, 6.45) is 4.45.